The van der Waals surface area contributed by atoms with Crippen LogP contribution in [0.4, 0.5) is 0 Å². The maximum Gasteiger partial charge on any atom is 0.308 e. The first-order chi connectivity index (χ1) is 8.11. The quantitative estimate of drug-likeness (QED) is 0.872. The molecule has 1 heterocycles. The van der Waals surface area contributed by atoms with Crippen molar-refractivity contribution in [2.75, 3.05) is 6.54 Å². The molecule has 1 fully saturated rings. The zero-order valence-electron chi connectivity index (χ0n) is 10.3. The highest BCUT2D eigenvalue weighted by atomic mass is 16.4. The van der Waals surface area contributed by atoms with Crippen molar-refractivity contribution in [3.05, 3.63) is 35.9 Å². The van der Waals surface area contributed by atoms with E-state index < -0.39 is 5.97 Å². The lowest BCUT2D eigenvalue weighted by molar-refractivity contribution is -0.142. The number of nitrogens with zero attached hydrogens (tertiary/aromatic N) is 1. The predicted molar refractivity (Wildman–Crippen MR) is 66.8 cm³/mol. The molecule has 1 aliphatic rings. The number of likely N-dealkylation sites (tertiary alicyclic amines) is 1. The molecule has 0 radical (unpaired) electrons. The third-order valence-corrected chi connectivity index (χ3v) is 3.90. The molecule has 3 atom stereocenters. The summed E-state index contributed by atoms with van der Waals surface area (Å²) in [5, 5.41) is 9.13. The van der Waals surface area contributed by atoms with E-state index in [1.54, 1.807) is 0 Å². The van der Waals surface area contributed by atoms with E-state index in [2.05, 4.69) is 24.0 Å². The summed E-state index contributed by atoms with van der Waals surface area (Å²) in [4.78, 5) is 13.4. The fourth-order valence-electron chi connectivity index (χ4n) is 2.76. The van der Waals surface area contributed by atoms with Crippen LogP contribution in [0.3, 0.4) is 0 Å². The fourth-order valence-corrected chi connectivity index (χ4v) is 2.76. The van der Waals surface area contributed by atoms with Gasteiger partial charge in [-0.25, -0.2) is 0 Å². The van der Waals surface area contributed by atoms with Gasteiger partial charge in [0.25, 0.3) is 0 Å². The van der Waals surface area contributed by atoms with Gasteiger partial charge in [-0.1, -0.05) is 30.3 Å². The molecule has 2 rings (SSSR count). The van der Waals surface area contributed by atoms with E-state index in [0.29, 0.717) is 0 Å². The monoisotopic (exact) mass is 233 g/mol. The maximum absolute atomic E-state index is 11.1. The van der Waals surface area contributed by atoms with E-state index in [1.165, 1.54) is 5.56 Å². The Hall–Kier alpha value is -1.35. The van der Waals surface area contributed by atoms with Crippen LogP contribution in [0.25, 0.3) is 0 Å². The van der Waals surface area contributed by atoms with Crippen LogP contribution in [-0.2, 0) is 4.79 Å². The van der Waals surface area contributed by atoms with Crippen molar-refractivity contribution in [1.82, 2.24) is 4.90 Å². The summed E-state index contributed by atoms with van der Waals surface area (Å²) in [6, 6.07) is 10.7. The van der Waals surface area contributed by atoms with Gasteiger partial charge < -0.3 is 5.11 Å². The van der Waals surface area contributed by atoms with Crippen LogP contribution in [0.2, 0.25) is 0 Å². The van der Waals surface area contributed by atoms with E-state index in [9.17, 15) is 4.79 Å². The first-order valence-corrected chi connectivity index (χ1v) is 6.14. The van der Waals surface area contributed by atoms with Gasteiger partial charge in [0.05, 0.1) is 5.92 Å². The molecule has 0 spiro atoms. The molecule has 1 saturated heterocycles. The summed E-state index contributed by atoms with van der Waals surface area (Å²) in [6.07, 6.45) is 0.758. The van der Waals surface area contributed by atoms with Crippen LogP contribution in [0, 0.1) is 5.92 Å². The van der Waals surface area contributed by atoms with Gasteiger partial charge in [0, 0.05) is 12.1 Å². The molecule has 0 aliphatic carbocycles. The van der Waals surface area contributed by atoms with Crippen LogP contribution in [0.5, 0.6) is 0 Å². The van der Waals surface area contributed by atoms with Crippen LogP contribution in [0.15, 0.2) is 30.3 Å². The summed E-state index contributed by atoms with van der Waals surface area (Å²) in [5.41, 5.74) is 1.25. The third kappa shape index (κ3) is 2.34. The Morgan fingerprint density at radius 2 is 2.06 bits per heavy atom. The smallest absolute Gasteiger partial charge is 0.308 e. The third-order valence-electron chi connectivity index (χ3n) is 3.90. The number of carbonyl (C=O) groups is 1. The number of carboxylic acids is 1. The van der Waals surface area contributed by atoms with Gasteiger partial charge in [0.1, 0.15) is 0 Å². The Labute approximate surface area is 102 Å². The molecule has 0 bridgehead atoms. The Morgan fingerprint density at radius 3 is 2.59 bits per heavy atom. The van der Waals surface area contributed by atoms with Crippen molar-refractivity contribution in [2.24, 2.45) is 5.92 Å². The molecule has 17 heavy (non-hydrogen) atoms. The first kappa shape index (κ1) is 12.1. The van der Waals surface area contributed by atoms with Gasteiger partial charge in [-0.3, -0.25) is 9.69 Å². The van der Waals surface area contributed by atoms with Crippen LogP contribution in [0.1, 0.15) is 31.9 Å². The molecule has 3 heteroatoms. The summed E-state index contributed by atoms with van der Waals surface area (Å²) in [7, 11) is 0. The van der Waals surface area contributed by atoms with Crippen LogP contribution < -0.4 is 0 Å². The lowest BCUT2D eigenvalue weighted by atomic mass is 10.0. The topological polar surface area (TPSA) is 40.5 Å². The Kier molecular flexibility index (Phi) is 3.48. The van der Waals surface area contributed by atoms with Gasteiger partial charge in [-0.15, -0.1) is 0 Å². The Bertz CT molecular complexity index is 390. The molecule has 1 aromatic carbocycles. The first-order valence-electron chi connectivity index (χ1n) is 6.14. The second-order valence-electron chi connectivity index (χ2n) is 4.80. The highest BCUT2D eigenvalue weighted by molar-refractivity contribution is 5.71. The van der Waals surface area contributed by atoms with Crippen molar-refractivity contribution in [3.63, 3.8) is 0 Å². The van der Waals surface area contributed by atoms with Crippen LogP contribution in [-0.4, -0.2) is 28.6 Å². The van der Waals surface area contributed by atoms with E-state index in [1.807, 2.05) is 25.1 Å². The molecule has 0 aromatic heterocycles. The molecule has 0 amide bonds. The molecule has 0 saturated carbocycles. The summed E-state index contributed by atoms with van der Waals surface area (Å²) < 4.78 is 0. The molecular weight excluding hydrogens is 214 g/mol. The van der Waals surface area contributed by atoms with Crippen molar-refractivity contribution >= 4 is 5.97 Å². The zero-order chi connectivity index (χ0) is 12.4. The second kappa shape index (κ2) is 4.88. The van der Waals surface area contributed by atoms with E-state index in [0.717, 1.165) is 13.0 Å². The lowest BCUT2D eigenvalue weighted by Crippen LogP contribution is -2.34. The minimum Gasteiger partial charge on any atom is -0.481 e. The van der Waals surface area contributed by atoms with Crippen molar-refractivity contribution in [1.29, 1.82) is 0 Å². The second-order valence-corrected chi connectivity index (χ2v) is 4.80. The Morgan fingerprint density at radius 1 is 1.41 bits per heavy atom. The molecular formula is C14H19NO2. The van der Waals surface area contributed by atoms with Crippen molar-refractivity contribution in [3.8, 4) is 0 Å². The largest absolute Gasteiger partial charge is 0.481 e. The van der Waals surface area contributed by atoms with E-state index >= 15 is 0 Å². The minimum absolute atomic E-state index is 0.114. The average Bonchev–Trinajstić information content (AvgIpc) is 2.71. The average molecular weight is 233 g/mol. The van der Waals surface area contributed by atoms with Gasteiger partial charge in [-0.05, 0) is 32.4 Å². The van der Waals surface area contributed by atoms with E-state index in [4.69, 9.17) is 5.11 Å². The van der Waals surface area contributed by atoms with Gasteiger partial charge in [0.2, 0.25) is 0 Å². The standard InChI is InChI=1S/C14H19NO2/c1-10(12-6-4-3-5-7-12)15-9-8-13(11(15)2)14(16)17/h3-7,10-11,13H,8-9H2,1-2H3,(H,16,17)/t10-,11?,13?/m1/s1. The number of aliphatic carboxylic acids is 1. The number of hydrogen-bond donors (Lipinski definition) is 1. The highest BCUT2D eigenvalue weighted by Crippen LogP contribution is 2.32. The summed E-state index contributed by atoms with van der Waals surface area (Å²) in [6.45, 7) is 5.04. The maximum atomic E-state index is 11.1. The number of benzene rings is 1. The summed E-state index contributed by atoms with van der Waals surface area (Å²) in [5.74, 6) is -0.888. The Balaban J connectivity index is 2.12. The normalized spacial score (nSPS) is 26.9. The summed E-state index contributed by atoms with van der Waals surface area (Å²) >= 11 is 0. The fraction of sp³-hybridized carbons (Fsp3) is 0.500. The zero-order valence-corrected chi connectivity index (χ0v) is 10.3. The minimum atomic E-state index is -0.666. The van der Waals surface area contributed by atoms with Crippen LogP contribution >= 0.6 is 0 Å². The molecule has 1 aromatic rings. The van der Waals surface area contributed by atoms with Crippen molar-refractivity contribution in [2.45, 2.75) is 32.4 Å². The van der Waals surface area contributed by atoms with Gasteiger partial charge in [0.15, 0.2) is 0 Å². The lowest BCUT2D eigenvalue weighted by Gasteiger charge is -2.29. The molecule has 2 unspecified atom stereocenters. The number of carboxylic acid groups (broad SMARTS) is 1. The molecule has 3 nitrogen and oxygen atoms in total. The van der Waals surface area contributed by atoms with Gasteiger partial charge >= 0.3 is 5.97 Å². The van der Waals surface area contributed by atoms with Gasteiger partial charge in [-0.2, -0.15) is 0 Å². The predicted octanol–water partition coefficient (Wildman–Crippen LogP) is 2.54. The molecule has 1 aliphatic heterocycles. The highest BCUT2D eigenvalue weighted by Gasteiger charge is 2.37. The van der Waals surface area contributed by atoms with Crippen molar-refractivity contribution < 1.29 is 9.90 Å². The SMILES string of the molecule is CC1C(C(=O)O)CCN1[C@H](C)c1ccccc1. The number of hydrogen-bond acceptors (Lipinski definition) is 2. The van der Waals surface area contributed by atoms with E-state index in [-0.39, 0.29) is 18.0 Å². The molecule has 1 N–H and O–H groups in total. The number of rotatable bonds is 3. The molecule has 92 valence electrons.